The molecule has 0 saturated carbocycles. The molecule has 6 nitrogen and oxygen atoms in total. The molecule has 0 aliphatic heterocycles. The Hall–Kier alpha value is -2.75. The first kappa shape index (κ1) is 17.6. The molecule has 2 amide bonds. The van der Waals surface area contributed by atoms with Crippen LogP contribution in [0, 0.1) is 11.3 Å². The molecule has 0 fully saturated rings. The van der Waals surface area contributed by atoms with Crippen LogP contribution in [0.1, 0.15) is 15.9 Å². The Balaban J connectivity index is 1.90. The Bertz CT molecular complexity index is 798. The van der Waals surface area contributed by atoms with E-state index < -0.39 is 11.8 Å². The van der Waals surface area contributed by atoms with E-state index in [9.17, 15) is 9.59 Å². The van der Waals surface area contributed by atoms with E-state index in [4.69, 9.17) is 33.2 Å². The molecule has 2 aromatic rings. The fourth-order valence-corrected chi connectivity index (χ4v) is 2.34. The van der Waals surface area contributed by atoms with Crippen molar-refractivity contribution in [1.29, 1.82) is 5.26 Å². The third-order valence-electron chi connectivity index (χ3n) is 2.87. The number of hydrazine groups is 1. The van der Waals surface area contributed by atoms with Gasteiger partial charge in [-0.25, -0.2) is 0 Å². The van der Waals surface area contributed by atoms with E-state index in [1.165, 1.54) is 12.1 Å². The van der Waals surface area contributed by atoms with E-state index in [2.05, 4.69) is 10.9 Å². The fraction of sp³-hybridized carbons (Fsp3) is 0.0625. The molecule has 2 aromatic carbocycles. The summed E-state index contributed by atoms with van der Waals surface area (Å²) in [6.45, 7) is -0.380. The molecule has 122 valence electrons. The number of carbonyl (C=O) groups is 2. The highest BCUT2D eigenvalue weighted by atomic mass is 35.5. The maximum atomic E-state index is 12.0. The number of nitrogens with zero attached hydrogens (tertiary/aromatic N) is 1. The van der Waals surface area contributed by atoms with Crippen molar-refractivity contribution in [3.63, 3.8) is 0 Å². The predicted octanol–water partition coefficient (Wildman–Crippen LogP) is 2.71. The molecule has 0 atom stereocenters. The lowest BCUT2D eigenvalue weighted by Crippen LogP contribution is -2.44. The molecule has 0 aromatic heterocycles. The molecule has 0 spiro atoms. The number of hydrogen-bond acceptors (Lipinski definition) is 4. The Morgan fingerprint density at radius 1 is 1.04 bits per heavy atom. The number of para-hydroxylation sites is 1. The van der Waals surface area contributed by atoms with E-state index >= 15 is 0 Å². The molecule has 24 heavy (non-hydrogen) atoms. The Labute approximate surface area is 147 Å². The quantitative estimate of drug-likeness (QED) is 0.816. The Morgan fingerprint density at radius 2 is 1.71 bits per heavy atom. The van der Waals surface area contributed by atoms with Crippen molar-refractivity contribution in [2.24, 2.45) is 0 Å². The number of carbonyl (C=O) groups excluding carboxylic acids is 2. The van der Waals surface area contributed by atoms with Crippen LogP contribution in [0.3, 0.4) is 0 Å². The van der Waals surface area contributed by atoms with Crippen LogP contribution in [0.2, 0.25) is 10.0 Å². The fourth-order valence-electron chi connectivity index (χ4n) is 1.77. The second-order valence-electron chi connectivity index (χ2n) is 4.50. The summed E-state index contributed by atoms with van der Waals surface area (Å²) in [5.41, 5.74) is 4.73. The monoisotopic (exact) mass is 363 g/mol. The largest absolute Gasteiger partial charge is 0.482 e. The van der Waals surface area contributed by atoms with Crippen LogP contribution in [-0.4, -0.2) is 18.4 Å². The van der Waals surface area contributed by atoms with E-state index in [0.29, 0.717) is 5.56 Å². The van der Waals surface area contributed by atoms with Crippen LogP contribution in [0.15, 0.2) is 42.5 Å². The zero-order valence-corrected chi connectivity index (χ0v) is 13.7. The first-order valence-electron chi connectivity index (χ1n) is 6.68. The van der Waals surface area contributed by atoms with Gasteiger partial charge in [0.1, 0.15) is 11.8 Å². The number of ether oxygens (including phenoxy) is 1. The van der Waals surface area contributed by atoms with Gasteiger partial charge in [0.2, 0.25) is 0 Å². The van der Waals surface area contributed by atoms with E-state index in [0.717, 1.165) is 0 Å². The average Bonchev–Trinajstić information content (AvgIpc) is 2.58. The molecule has 0 aliphatic rings. The third-order valence-corrected chi connectivity index (χ3v) is 3.50. The van der Waals surface area contributed by atoms with Crippen LogP contribution in [0.4, 0.5) is 0 Å². The highest BCUT2D eigenvalue weighted by Gasteiger charge is 2.15. The van der Waals surface area contributed by atoms with Gasteiger partial charge in [-0.15, -0.1) is 0 Å². The molecular weight excluding hydrogens is 353 g/mol. The third kappa shape index (κ3) is 4.38. The summed E-state index contributed by atoms with van der Waals surface area (Å²) < 4.78 is 5.24. The van der Waals surface area contributed by atoms with Crippen LogP contribution in [0.5, 0.6) is 5.75 Å². The highest BCUT2D eigenvalue weighted by Crippen LogP contribution is 2.23. The number of nitriles is 1. The lowest BCUT2D eigenvalue weighted by Gasteiger charge is -2.11. The lowest BCUT2D eigenvalue weighted by atomic mass is 10.2. The number of rotatable bonds is 4. The summed E-state index contributed by atoms with van der Waals surface area (Å²) in [6.07, 6.45) is 0. The summed E-state index contributed by atoms with van der Waals surface area (Å²) in [5.74, 6) is -0.994. The van der Waals surface area contributed by atoms with Gasteiger partial charge in [-0.1, -0.05) is 41.4 Å². The summed E-state index contributed by atoms with van der Waals surface area (Å²) in [4.78, 5) is 23.7. The molecule has 0 bridgehead atoms. The molecule has 0 heterocycles. The molecule has 2 rings (SSSR count). The van der Waals surface area contributed by atoms with E-state index in [1.807, 2.05) is 6.07 Å². The first-order valence-corrected chi connectivity index (χ1v) is 7.43. The second kappa shape index (κ2) is 8.20. The smallest absolute Gasteiger partial charge is 0.276 e. The molecule has 8 heteroatoms. The van der Waals surface area contributed by atoms with Gasteiger partial charge in [-0.2, -0.15) is 5.26 Å². The van der Waals surface area contributed by atoms with Gasteiger partial charge in [0.25, 0.3) is 11.8 Å². The molecule has 0 radical (unpaired) electrons. The van der Waals surface area contributed by atoms with Gasteiger partial charge >= 0.3 is 0 Å². The maximum Gasteiger partial charge on any atom is 0.276 e. The molecule has 2 N–H and O–H groups in total. The minimum absolute atomic E-state index is 0.0527. The topological polar surface area (TPSA) is 91.2 Å². The number of nitrogens with one attached hydrogen (secondary N) is 2. The van der Waals surface area contributed by atoms with E-state index in [-0.39, 0.29) is 28.0 Å². The van der Waals surface area contributed by atoms with Crippen molar-refractivity contribution < 1.29 is 14.3 Å². The van der Waals surface area contributed by atoms with Gasteiger partial charge in [-0.05, 0) is 24.3 Å². The zero-order chi connectivity index (χ0) is 17.5. The summed E-state index contributed by atoms with van der Waals surface area (Å²) in [7, 11) is 0. The van der Waals surface area contributed by atoms with Crippen molar-refractivity contribution in [3.05, 3.63) is 63.6 Å². The van der Waals surface area contributed by atoms with Crippen molar-refractivity contribution >= 4 is 35.0 Å². The first-order chi connectivity index (χ1) is 11.5. The maximum absolute atomic E-state index is 12.0. The van der Waals surface area contributed by atoms with Gasteiger partial charge in [0.05, 0.1) is 21.2 Å². The second-order valence-corrected chi connectivity index (χ2v) is 5.31. The minimum Gasteiger partial charge on any atom is -0.482 e. The normalized spacial score (nSPS) is 9.71. The van der Waals surface area contributed by atoms with E-state index in [1.54, 1.807) is 30.3 Å². The molecule has 0 aliphatic carbocycles. The van der Waals surface area contributed by atoms with Crippen molar-refractivity contribution in [1.82, 2.24) is 10.9 Å². The SMILES string of the molecule is N#Cc1ccccc1OCC(=O)NNC(=O)c1c(Cl)cccc1Cl. The molecule has 0 unspecified atom stereocenters. The number of hydrogen-bond donors (Lipinski definition) is 2. The van der Waals surface area contributed by atoms with Crippen LogP contribution in [-0.2, 0) is 4.79 Å². The summed E-state index contributed by atoms with van der Waals surface area (Å²) >= 11 is 11.8. The number of amides is 2. The average molecular weight is 364 g/mol. The van der Waals surface area contributed by atoms with Crippen molar-refractivity contribution in [2.45, 2.75) is 0 Å². The number of halogens is 2. The van der Waals surface area contributed by atoms with Gasteiger partial charge in [0, 0.05) is 0 Å². The summed E-state index contributed by atoms with van der Waals surface area (Å²) in [6, 6.07) is 13.0. The standard InChI is InChI=1S/C16H11Cl2N3O3/c17-11-5-3-6-12(18)15(11)16(23)21-20-14(22)9-24-13-7-2-1-4-10(13)8-19/h1-7H,9H2,(H,20,22)(H,21,23). The Morgan fingerprint density at radius 3 is 2.38 bits per heavy atom. The predicted molar refractivity (Wildman–Crippen MR) is 88.7 cm³/mol. The van der Waals surface area contributed by atoms with Crippen LogP contribution < -0.4 is 15.6 Å². The van der Waals surface area contributed by atoms with Crippen LogP contribution in [0.25, 0.3) is 0 Å². The van der Waals surface area contributed by atoms with Gasteiger partial charge in [0.15, 0.2) is 6.61 Å². The Kier molecular flexibility index (Phi) is 6.01. The van der Waals surface area contributed by atoms with Gasteiger partial charge < -0.3 is 4.74 Å². The highest BCUT2D eigenvalue weighted by molar-refractivity contribution is 6.39. The van der Waals surface area contributed by atoms with Crippen LogP contribution >= 0.6 is 23.2 Å². The van der Waals surface area contributed by atoms with Crippen molar-refractivity contribution in [3.8, 4) is 11.8 Å². The lowest BCUT2D eigenvalue weighted by molar-refractivity contribution is -0.123. The minimum atomic E-state index is -0.656. The molecule has 0 saturated heterocycles. The number of benzene rings is 2. The summed E-state index contributed by atoms with van der Waals surface area (Å²) in [5, 5.41) is 9.25. The zero-order valence-electron chi connectivity index (χ0n) is 12.2. The van der Waals surface area contributed by atoms with Crippen molar-refractivity contribution in [2.75, 3.05) is 6.61 Å². The van der Waals surface area contributed by atoms with Gasteiger partial charge in [-0.3, -0.25) is 20.4 Å². The molecular formula is C16H11Cl2N3O3.